The van der Waals surface area contributed by atoms with Gasteiger partial charge in [-0.25, -0.2) is 0 Å². The van der Waals surface area contributed by atoms with Gasteiger partial charge in [0, 0.05) is 13.0 Å². The summed E-state index contributed by atoms with van der Waals surface area (Å²) >= 11 is 0. The van der Waals surface area contributed by atoms with E-state index in [0.717, 1.165) is 43.4 Å². The van der Waals surface area contributed by atoms with Gasteiger partial charge in [-0.2, -0.15) is 0 Å². The van der Waals surface area contributed by atoms with E-state index in [0.29, 0.717) is 0 Å². The maximum absolute atomic E-state index is 13.7. The van der Waals surface area contributed by atoms with E-state index in [1.807, 2.05) is 30.0 Å². The Morgan fingerprint density at radius 1 is 1.06 bits per heavy atom. The van der Waals surface area contributed by atoms with Gasteiger partial charge in [-0.15, -0.1) is 0 Å². The van der Waals surface area contributed by atoms with Crippen LogP contribution >= 0.6 is 0 Å². The zero-order chi connectivity index (χ0) is 25.4. The number of hydrogen-bond donors (Lipinski definition) is 0. The van der Waals surface area contributed by atoms with Gasteiger partial charge in [0.15, 0.2) is 5.78 Å². The van der Waals surface area contributed by atoms with Crippen LogP contribution < -0.4 is 0 Å². The number of benzene rings is 2. The van der Waals surface area contributed by atoms with Crippen molar-refractivity contribution in [2.24, 2.45) is 11.3 Å². The Balaban J connectivity index is 1.65. The Kier molecular flexibility index (Phi) is 9.26. The first-order valence-electron chi connectivity index (χ1n) is 12.9. The maximum Gasteiger partial charge on any atom is 0.227 e. The first kappa shape index (κ1) is 26.7. The molecular weight excluding hydrogens is 430 g/mol. The van der Waals surface area contributed by atoms with Crippen LogP contribution in [0.4, 0.5) is 0 Å². The van der Waals surface area contributed by atoms with Crippen LogP contribution in [0.5, 0.6) is 0 Å². The Bertz CT molecular complexity index is 1040. The number of hydrogen-bond acceptors (Lipinski definition) is 2. The average Bonchev–Trinajstić information content (AvgIpc) is 3.29. The summed E-state index contributed by atoms with van der Waals surface area (Å²) in [5.41, 5.74) is 4.22. The Morgan fingerprint density at radius 3 is 2.40 bits per heavy atom. The van der Waals surface area contributed by atoms with Gasteiger partial charge in [0.05, 0.1) is 12.0 Å². The first-order valence-corrected chi connectivity index (χ1v) is 12.9. The van der Waals surface area contributed by atoms with Gasteiger partial charge < -0.3 is 4.90 Å². The standard InChI is InChI=1S/C32H41NO2/c1-24-17-19-27(20-18-24)25(2)22-29(34)23-30(32(3,4)5)31(35)33-21-11-16-28(33)15-10-9-14-26-12-7-6-8-13-26/h6-8,10,12-13,15,17-20,22,28,30H,9,11,14,16,21,23H2,1-5H3/b15-10+,25-22+/t28?,30-/m1/s1. The van der Waals surface area contributed by atoms with Crippen molar-refractivity contribution in [3.63, 3.8) is 0 Å². The van der Waals surface area contributed by atoms with E-state index in [1.165, 1.54) is 11.1 Å². The Hall–Kier alpha value is -2.94. The zero-order valence-corrected chi connectivity index (χ0v) is 22.1. The van der Waals surface area contributed by atoms with E-state index in [4.69, 9.17) is 0 Å². The lowest BCUT2D eigenvalue weighted by atomic mass is 9.76. The Labute approximate surface area is 211 Å². The Morgan fingerprint density at radius 2 is 1.74 bits per heavy atom. The van der Waals surface area contributed by atoms with Crippen molar-refractivity contribution < 1.29 is 9.59 Å². The van der Waals surface area contributed by atoms with Crippen molar-refractivity contribution in [3.8, 4) is 0 Å². The molecule has 3 heteroatoms. The van der Waals surface area contributed by atoms with E-state index in [-0.39, 0.29) is 35.5 Å². The summed E-state index contributed by atoms with van der Waals surface area (Å²) in [5, 5.41) is 0. The molecule has 35 heavy (non-hydrogen) atoms. The molecule has 0 bridgehead atoms. The fourth-order valence-corrected chi connectivity index (χ4v) is 4.78. The molecule has 1 amide bonds. The molecule has 2 aromatic carbocycles. The molecule has 0 aliphatic carbocycles. The minimum atomic E-state index is -0.338. The molecule has 2 atom stereocenters. The molecule has 1 heterocycles. The predicted octanol–water partition coefficient (Wildman–Crippen LogP) is 7.20. The van der Waals surface area contributed by atoms with E-state index in [1.54, 1.807) is 6.08 Å². The largest absolute Gasteiger partial charge is 0.336 e. The normalized spacial score (nSPS) is 17.7. The molecule has 2 aromatic rings. The van der Waals surface area contributed by atoms with Crippen LogP contribution in [0.15, 0.2) is 72.8 Å². The van der Waals surface area contributed by atoms with E-state index in [9.17, 15) is 9.59 Å². The molecule has 0 spiro atoms. The van der Waals surface area contributed by atoms with E-state index < -0.39 is 0 Å². The third-order valence-electron chi connectivity index (χ3n) is 7.02. The van der Waals surface area contributed by atoms with Gasteiger partial charge in [0.25, 0.3) is 0 Å². The van der Waals surface area contributed by atoms with Crippen molar-refractivity contribution in [1.29, 1.82) is 0 Å². The highest BCUT2D eigenvalue weighted by Gasteiger charge is 2.38. The van der Waals surface area contributed by atoms with Crippen molar-refractivity contribution in [3.05, 3.63) is 89.5 Å². The van der Waals surface area contributed by atoms with Gasteiger partial charge in [0.2, 0.25) is 5.91 Å². The highest BCUT2D eigenvalue weighted by atomic mass is 16.2. The number of carbonyl (C=O) groups excluding carboxylic acids is 2. The van der Waals surface area contributed by atoms with Crippen molar-refractivity contribution in [2.75, 3.05) is 6.54 Å². The third-order valence-corrected chi connectivity index (χ3v) is 7.02. The summed E-state index contributed by atoms with van der Waals surface area (Å²) in [6, 6.07) is 18.8. The second kappa shape index (κ2) is 12.2. The molecule has 0 radical (unpaired) electrons. The number of aryl methyl sites for hydroxylation is 2. The number of ketones is 1. The van der Waals surface area contributed by atoms with Crippen LogP contribution in [0.1, 0.15) is 70.1 Å². The molecule has 186 valence electrons. The monoisotopic (exact) mass is 471 g/mol. The van der Waals surface area contributed by atoms with Gasteiger partial charge in [0.1, 0.15) is 0 Å². The molecule has 1 aliphatic heterocycles. The summed E-state index contributed by atoms with van der Waals surface area (Å²) in [7, 11) is 0. The molecule has 1 fully saturated rings. The van der Waals surface area contributed by atoms with Gasteiger partial charge in [-0.05, 0) is 67.7 Å². The molecule has 3 nitrogen and oxygen atoms in total. The molecule has 0 aromatic heterocycles. The lowest BCUT2D eigenvalue weighted by Gasteiger charge is -2.34. The maximum atomic E-state index is 13.7. The fourth-order valence-electron chi connectivity index (χ4n) is 4.78. The van der Waals surface area contributed by atoms with E-state index in [2.05, 4.69) is 76.2 Å². The number of allylic oxidation sites excluding steroid dienone is 3. The summed E-state index contributed by atoms with van der Waals surface area (Å²) in [5.74, 6) is -0.205. The van der Waals surface area contributed by atoms with Gasteiger partial charge in [-0.3, -0.25) is 9.59 Å². The van der Waals surface area contributed by atoms with Crippen LogP contribution in [-0.4, -0.2) is 29.2 Å². The predicted molar refractivity (Wildman–Crippen MR) is 146 cm³/mol. The summed E-state index contributed by atoms with van der Waals surface area (Å²) in [6.07, 6.45) is 10.3. The zero-order valence-electron chi connectivity index (χ0n) is 22.1. The van der Waals surface area contributed by atoms with Crippen molar-refractivity contribution in [1.82, 2.24) is 4.90 Å². The van der Waals surface area contributed by atoms with Crippen LogP contribution in [0.3, 0.4) is 0 Å². The number of nitrogens with zero attached hydrogens (tertiary/aromatic N) is 1. The van der Waals surface area contributed by atoms with Crippen molar-refractivity contribution in [2.45, 2.75) is 72.8 Å². The van der Waals surface area contributed by atoms with Crippen LogP contribution in [0.25, 0.3) is 5.57 Å². The summed E-state index contributed by atoms with van der Waals surface area (Å²) < 4.78 is 0. The number of likely N-dealkylation sites (tertiary alicyclic amines) is 1. The second-order valence-electron chi connectivity index (χ2n) is 11.0. The van der Waals surface area contributed by atoms with Crippen LogP contribution in [-0.2, 0) is 16.0 Å². The molecule has 0 saturated carbocycles. The minimum Gasteiger partial charge on any atom is -0.336 e. The highest BCUT2D eigenvalue weighted by Crippen LogP contribution is 2.34. The first-order chi connectivity index (χ1) is 16.6. The highest BCUT2D eigenvalue weighted by molar-refractivity contribution is 5.99. The molecular formula is C32H41NO2. The van der Waals surface area contributed by atoms with Gasteiger partial charge >= 0.3 is 0 Å². The number of carbonyl (C=O) groups is 2. The number of rotatable bonds is 9. The van der Waals surface area contributed by atoms with Crippen LogP contribution in [0.2, 0.25) is 0 Å². The molecule has 1 aliphatic rings. The van der Waals surface area contributed by atoms with E-state index >= 15 is 0 Å². The van der Waals surface area contributed by atoms with Crippen molar-refractivity contribution >= 4 is 17.3 Å². The average molecular weight is 472 g/mol. The topological polar surface area (TPSA) is 37.4 Å². The number of amides is 1. The molecule has 1 unspecified atom stereocenters. The fraction of sp³-hybridized carbons (Fsp3) is 0.438. The quantitative estimate of drug-likeness (QED) is 0.286. The second-order valence-corrected chi connectivity index (χ2v) is 11.0. The van der Waals surface area contributed by atoms with Crippen LogP contribution in [0, 0.1) is 18.3 Å². The lowest BCUT2D eigenvalue weighted by Crippen LogP contribution is -2.44. The third kappa shape index (κ3) is 7.78. The summed E-state index contributed by atoms with van der Waals surface area (Å²) in [6.45, 7) is 11.0. The lowest BCUT2D eigenvalue weighted by molar-refractivity contribution is -0.141. The molecule has 1 saturated heterocycles. The van der Waals surface area contributed by atoms with Gasteiger partial charge in [-0.1, -0.05) is 93.1 Å². The minimum absolute atomic E-state index is 0.0190. The molecule has 3 rings (SSSR count). The SMILES string of the molecule is C/C(=C\C(=O)C[C@H](C(=O)N1CCCC1/C=C/CCc1ccccc1)C(C)(C)C)c1ccc(C)cc1. The molecule has 0 N–H and O–H groups in total. The summed E-state index contributed by atoms with van der Waals surface area (Å²) in [4.78, 5) is 28.8. The smallest absolute Gasteiger partial charge is 0.227 e.